The molecule has 0 aromatic heterocycles. The van der Waals surface area contributed by atoms with Crippen molar-refractivity contribution in [2.24, 2.45) is 0 Å². The van der Waals surface area contributed by atoms with Crippen molar-refractivity contribution >= 4 is 11.9 Å². The van der Waals surface area contributed by atoms with Gasteiger partial charge in [-0.2, -0.15) is 0 Å². The third kappa shape index (κ3) is 12.8. The van der Waals surface area contributed by atoms with Crippen molar-refractivity contribution in [2.45, 2.75) is 26.2 Å². The van der Waals surface area contributed by atoms with Crippen LogP contribution in [-0.4, -0.2) is 49.7 Å². The highest BCUT2D eigenvalue weighted by Crippen LogP contribution is 1.94. The normalized spacial score (nSPS) is 10.2. The number of carbonyl (C=O) groups excluding carboxylic acids is 1. The number of hydrogen-bond donors (Lipinski definition) is 4. The number of carboxylic acids is 1. The van der Waals surface area contributed by atoms with Gasteiger partial charge in [-0.3, -0.25) is 9.59 Å². The number of aliphatic carboxylic acids is 1. The molecule has 0 aliphatic carbocycles. The molecule has 0 aliphatic rings. The number of carboxylic acid groups (broad SMARTS) is 1. The average Bonchev–Trinajstić information content (AvgIpc) is 2.27. The average molecular weight is 245 g/mol. The van der Waals surface area contributed by atoms with Gasteiger partial charge in [0.05, 0.1) is 0 Å². The number of likely N-dealkylation sites (N-methyl/N-ethyl adjacent to an activating group) is 1. The van der Waals surface area contributed by atoms with Crippen molar-refractivity contribution in [1.82, 2.24) is 16.0 Å². The first-order chi connectivity index (χ1) is 8.16. The quantitative estimate of drug-likeness (QED) is 0.370. The van der Waals surface area contributed by atoms with Crippen molar-refractivity contribution in [3.63, 3.8) is 0 Å². The van der Waals surface area contributed by atoms with Gasteiger partial charge in [0.2, 0.25) is 5.91 Å². The third-order valence-electron chi connectivity index (χ3n) is 2.15. The van der Waals surface area contributed by atoms with Crippen molar-refractivity contribution in [1.29, 1.82) is 0 Å². The fourth-order valence-electron chi connectivity index (χ4n) is 1.26. The molecule has 0 aromatic rings. The van der Waals surface area contributed by atoms with Gasteiger partial charge in [-0.1, -0.05) is 6.92 Å². The molecule has 0 aromatic carbocycles. The maximum absolute atomic E-state index is 11.2. The van der Waals surface area contributed by atoms with E-state index in [4.69, 9.17) is 5.11 Å². The van der Waals surface area contributed by atoms with Gasteiger partial charge in [-0.05, 0) is 13.0 Å². The summed E-state index contributed by atoms with van der Waals surface area (Å²) in [4.78, 5) is 21.4. The molecule has 0 unspecified atom stereocenters. The highest BCUT2D eigenvalue weighted by molar-refractivity contribution is 5.76. The number of nitrogens with one attached hydrogen (secondary N) is 3. The molecule has 0 atom stereocenters. The fraction of sp³-hybridized carbons (Fsp3) is 0.818. The minimum absolute atomic E-state index is 0.0500. The Morgan fingerprint density at radius 1 is 1.00 bits per heavy atom. The van der Waals surface area contributed by atoms with Gasteiger partial charge in [0, 0.05) is 39.0 Å². The second-order valence-corrected chi connectivity index (χ2v) is 3.70. The Morgan fingerprint density at radius 3 is 2.29 bits per heavy atom. The zero-order valence-corrected chi connectivity index (χ0v) is 10.4. The van der Waals surface area contributed by atoms with Crippen LogP contribution in [0.2, 0.25) is 0 Å². The molecule has 0 saturated carbocycles. The first-order valence-electron chi connectivity index (χ1n) is 6.06. The summed E-state index contributed by atoms with van der Waals surface area (Å²) in [7, 11) is 0. The molecule has 4 N–H and O–H groups in total. The topological polar surface area (TPSA) is 90.5 Å². The summed E-state index contributed by atoms with van der Waals surface area (Å²) in [6, 6.07) is 0. The van der Waals surface area contributed by atoms with Crippen LogP contribution in [0.25, 0.3) is 0 Å². The lowest BCUT2D eigenvalue weighted by Gasteiger charge is -2.06. The summed E-state index contributed by atoms with van der Waals surface area (Å²) in [5, 5.41) is 17.5. The standard InChI is InChI=1S/C11H23N3O3/c1-2-12-6-7-13-8-9-14-10(15)4-3-5-11(16)17/h12-13H,2-9H2,1H3,(H,14,15)(H,16,17). The van der Waals surface area contributed by atoms with E-state index in [1.54, 1.807) is 0 Å². The summed E-state index contributed by atoms with van der Waals surface area (Å²) in [5.41, 5.74) is 0. The van der Waals surface area contributed by atoms with Crippen LogP contribution < -0.4 is 16.0 Å². The molecule has 6 heteroatoms. The van der Waals surface area contributed by atoms with E-state index in [0.29, 0.717) is 13.0 Å². The maximum atomic E-state index is 11.2. The molecule has 6 nitrogen and oxygen atoms in total. The summed E-state index contributed by atoms with van der Waals surface area (Å²) < 4.78 is 0. The van der Waals surface area contributed by atoms with E-state index >= 15 is 0 Å². The van der Waals surface area contributed by atoms with Crippen LogP contribution in [0.3, 0.4) is 0 Å². The van der Waals surface area contributed by atoms with Crippen LogP contribution in [0.15, 0.2) is 0 Å². The lowest BCUT2D eigenvalue weighted by Crippen LogP contribution is -2.34. The molecule has 17 heavy (non-hydrogen) atoms. The van der Waals surface area contributed by atoms with E-state index in [2.05, 4.69) is 22.9 Å². The van der Waals surface area contributed by atoms with Crippen LogP contribution in [0, 0.1) is 0 Å². The molecule has 0 spiro atoms. The molecule has 0 aliphatic heterocycles. The number of rotatable bonds is 11. The molecular formula is C11H23N3O3. The molecular weight excluding hydrogens is 222 g/mol. The van der Waals surface area contributed by atoms with E-state index in [9.17, 15) is 9.59 Å². The summed E-state index contributed by atoms with van der Waals surface area (Å²) in [6.45, 7) is 6.12. The molecule has 0 fully saturated rings. The van der Waals surface area contributed by atoms with E-state index in [-0.39, 0.29) is 18.7 Å². The van der Waals surface area contributed by atoms with E-state index < -0.39 is 5.97 Å². The number of amides is 1. The summed E-state index contributed by atoms with van der Waals surface area (Å²) in [6.07, 6.45) is 0.729. The molecule has 1 amide bonds. The maximum Gasteiger partial charge on any atom is 0.303 e. The van der Waals surface area contributed by atoms with E-state index in [0.717, 1.165) is 26.2 Å². The number of hydrogen-bond acceptors (Lipinski definition) is 4. The lowest BCUT2D eigenvalue weighted by molar-refractivity contribution is -0.137. The Labute approximate surface area is 102 Å². The van der Waals surface area contributed by atoms with Crippen molar-refractivity contribution in [2.75, 3.05) is 32.7 Å². The van der Waals surface area contributed by atoms with Gasteiger partial charge in [0.1, 0.15) is 0 Å². The lowest BCUT2D eigenvalue weighted by atomic mass is 10.2. The van der Waals surface area contributed by atoms with Crippen molar-refractivity contribution in [3.05, 3.63) is 0 Å². The van der Waals surface area contributed by atoms with Crippen LogP contribution in [0.4, 0.5) is 0 Å². The molecule has 0 heterocycles. The Balaban J connectivity index is 3.19. The minimum atomic E-state index is -0.858. The monoisotopic (exact) mass is 245 g/mol. The van der Waals surface area contributed by atoms with Gasteiger partial charge < -0.3 is 21.1 Å². The Morgan fingerprint density at radius 2 is 1.65 bits per heavy atom. The predicted molar refractivity (Wildman–Crippen MR) is 65.9 cm³/mol. The molecule has 0 rings (SSSR count). The Hall–Kier alpha value is -1.14. The second kappa shape index (κ2) is 11.3. The predicted octanol–water partition coefficient (Wildman–Crippen LogP) is -0.443. The van der Waals surface area contributed by atoms with Gasteiger partial charge in [-0.15, -0.1) is 0 Å². The van der Waals surface area contributed by atoms with Gasteiger partial charge >= 0.3 is 5.97 Å². The summed E-state index contributed by atoms with van der Waals surface area (Å²) in [5.74, 6) is -0.942. The Bertz CT molecular complexity index is 222. The first kappa shape index (κ1) is 15.9. The van der Waals surface area contributed by atoms with Crippen LogP contribution in [0.1, 0.15) is 26.2 Å². The molecule has 0 saturated heterocycles. The van der Waals surface area contributed by atoms with Crippen molar-refractivity contribution < 1.29 is 14.7 Å². The van der Waals surface area contributed by atoms with Gasteiger partial charge in [0.15, 0.2) is 0 Å². The van der Waals surface area contributed by atoms with Gasteiger partial charge in [0.25, 0.3) is 0 Å². The Kier molecular flexibility index (Phi) is 10.6. The smallest absolute Gasteiger partial charge is 0.303 e. The van der Waals surface area contributed by atoms with Crippen LogP contribution >= 0.6 is 0 Å². The summed E-state index contributed by atoms with van der Waals surface area (Å²) >= 11 is 0. The van der Waals surface area contributed by atoms with Crippen LogP contribution in [0.5, 0.6) is 0 Å². The second-order valence-electron chi connectivity index (χ2n) is 3.70. The SMILES string of the molecule is CCNCCNCCNC(=O)CCCC(=O)O. The zero-order valence-electron chi connectivity index (χ0n) is 10.4. The third-order valence-corrected chi connectivity index (χ3v) is 2.15. The van der Waals surface area contributed by atoms with Gasteiger partial charge in [-0.25, -0.2) is 0 Å². The highest BCUT2D eigenvalue weighted by atomic mass is 16.4. The number of carbonyl (C=O) groups is 2. The first-order valence-corrected chi connectivity index (χ1v) is 6.06. The van der Waals surface area contributed by atoms with Crippen molar-refractivity contribution in [3.8, 4) is 0 Å². The zero-order chi connectivity index (χ0) is 12.9. The molecule has 0 bridgehead atoms. The fourth-order valence-corrected chi connectivity index (χ4v) is 1.26. The van der Waals surface area contributed by atoms with E-state index in [1.165, 1.54) is 0 Å². The minimum Gasteiger partial charge on any atom is -0.481 e. The van der Waals surface area contributed by atoms with E-state index in [1.807, 2.05) is 0 Å². The molecule has 0 radical (unpaired) electrons. The molecule has 100 valence electrons. The highest BCUT2D eigenvalue weighted by Gasteiger charge is 2.02. The largest absolute Gasteiger partial charge is 0.481 e. The van der Waals surface area contributed by atoms with Crippen LogP contribution in [-0.2, 0) is 9.59 Å².